The number of rotatable bonds is 5. The van der Waals surface area contributed by atoms with Crippen molar-refractivity contribution in [2.24, 2.45) is 5.73 Å². The van der Waals surface area contributed by atoms with Crippen molar-refractivity contribution in [2.75, 3.05) is 11.9 Å². The number of hydrogen-bond donors (Lipinski definition) is 3. The number of nitrogens with one attached hydrogen (secondary N) is 1. The third kappa shape index (κ3) is 4.27. The Balaban J connectivity index is 2.57. The summed E-state index contributed by atoms with van der Waals surface area (Å²) in [7, 11) is 0. The second kappa shape index (κ2) is 6.69. The second-order valence-electron chi connectivity index (χ2n) is 3.67. The van der Waals surface area contributed by atoms with Gasteiger partial charge in [-0.25, -0.2) is 0 Å². The molecule has 0 aromatic heterocycles. The Hall–Kier alpha value is -1.83. The van der Waals surface area contributed by atoms with Crippen molar-refractivity contribution in [3.8, 4) is 12.3 Å². The standard InChI is InChI=1S/C13H16N2O2/c1-2-3-12(14)13(17)15-11-6-4-10(5-7-11)8-9-16/h1,4-7,12,16H,3,8-9,14H2,(H,15,17). The van der Waals surface area contributed by atoms with E-state index in [1.807, 2.05) is 12.1 Å². The number of hydrogen-bond acceptors (Lipinski definition) is 3. The first kappa shape index (κ1) is 13.2. The zero-order chi connectivity index (χ0) is 12.7. The highest BCUT2D eigenvalue weighted by molar-refractivity contribution is 5.94. The van der Waals surface area contributed by atoms with Gasteiger partial charge in [0.15, 0.2) is 0 Å². The quantitative estimate of drug-likeness (QED) is 0.647. The van der Waals surface area contributed by atoms with Crippen LogP contribution in [0.25, 0.3) is 0 Å². The first-order chi connectivity index (χ1) is 8.17. The molecule has 0 aliphatic heterocycles. The van der Waals surface area contributed by atoms with E-state index in [-0.39, 0.29) is 18.9 Å². The smallest absolute Gasteiger partial charge is 0.242 e. The van der Waals surface area contributed by atoms with Gasteiger partial charge in [-0.1, -0.05) is 12.1 Å². The van der Waals surface area contributed by atoms with Crippen LogP contribution in [0.15, 0.2) is 24.3 Å². The Labute approximate surface area is 101 Å². The number of nitrogens with two attached hydrogens (primary N) is 1. The summed E-state index contributed by atoms with van der Waals surface area (Å²) >= 11 is 0. The molecule has 90 valence electrons. The summed E-state index contributed by atoms with van der Waals surface area (Å²) in [5.41, 5.74) is 7.25. The maximum atomic E-state index is 11.5. The molecule has 1 unspecified atom stereocenters. The topological polar surface area (TPSA) is 75.4 Å². The average molecular weight is 232 g/mol. The Morgan fingerprint density at radius 1 is 1.47 bits per heavy atom. The summed E-state index contributed by atoms with van der Waals surface area (Å²) in [6.07, 6.45) is 5.90. The van der Waals surface area contributed by atoms with E-state index in [0.717, 1.165) is 5.56 Å². The molecule has 0 saturated heterocycles. The Morgan fingerprint density at radius 3 is 2.65 bits per heavy atom. The summed E-state index contributed by atoms with van der Waals surface area (Å²) in [4.78, 5) is 11.5. The maximum Gasteiger partial charge on any atom is 0.242 e. The van der Waals surface area contributed by atoms with Gasteiger partial charge in [0, 0.05) is 18.7 Å². The Bertz CT molecular complexity index is 406. The van der Waals surface area contributed by atoms with Gasteiger partial charge in [0.25, 0.3) is 0 Å². The summed E-state index contributed by atoms with van der Waals surface area (Å²) in [6, 6.07) is 6.55. The fourth-order valence-corrected chi connectivity index (χ4v) is 1.34. The molecule has 0 aliphatic rings. The number of aliphatic hydroxyl groups excluding tert-OH is 1. The predicted octanol–water partition coefficient (Wildman–Crippen LogP) is 0.510. The molecule has 0 bridgehead atoms. The molecule has 4 N–H and O–H groups in total. The number of aliphatic hydroxyl groups is 1. The molecule has 0 spiro atoms. The molecule has 0 aliphatic carbocycles. The van der Waals surface area contributed by atoms with Gasteiger partial charge in [-0.2, -0.15) is 0 Å². The van der Waals surface area contributed by atoms with Crippen molar-refractivity contribution in [1.29, 1.82) is 0 Å². The van der Waals surface area contributed by atoms with Crippen molar-refractivity contribution in [3.63, 3.8) is 0 Å². The molecule has 1 amide bonds. The lowest BCUT2D eigenvalue weighted by Crippen LogP contribution is -2.35. The molecule has 0 radical (unpaired) electrons. The zero-order valence-corrected chi connectivity index (χ0v) is 9.52. The van der Waals surface area contributed by atoms with Gasteiger partial charge in [0.1, 0.15) is 0 Å². The first-order valence-corrected chi connectivity index (χ1v) is 5.37. The minimum absolute atomic E-state index is 0.110. The molecule has 4 nitrogen and oxygen atoms in total. The number of carbonyl (C=O) groups excluding carboxylic acids is 1. The summed E-state index contributed by atoms with van der Waals surface area (Å²) < 4.78 is 0. The Morgan fingerprint density at radius 2 is 2.12 bits per heavy atom. The van der Waals surface area contributed by atoms with Gasteiger partial charge < -0.3 is 16.2 Å². The molecular weight excluding hydrogens is 216 g/mol. The normalized spacial score (nSPS) is 11.6. The highest BCUT2D eigenvalue weighted by atomic mass is 16.2. The van der Waals surface area contributed by atoms with Crippen LogP contribution in [0.1, 0.15) is 12.0 Å². The SMILES string of the molecule is C#CCC(N)C(=O)Nc1ccc(CCO)cc1. The third-order valence-corrected chi connectivity index (χ3v) is 2.30. The number of benzene rings is 1. The molecule has 1 rings (SSSR count). The average Bonchev–Trinajstić information content (AvgIpc) is 2.32. The van der Waals surface area contributed by atoms with Gasteiger partial charge in [-0.15, -0.1) is 12.3 Å². The van der Waals surface area contributed by atoms with E-state index in [1.54, 1.807) is 12.1 Å². The van der Waals surface area contributed by atoms with E-state index in [0.29, 0.717) is 12.1 Å². The van der Waals surface area contributed by atoms with E-state index >= 15 is 0 Å². The van der Waals surface area contributed by atoms with Gasteiger partial charge >= 0.3 is 0 Å². The molecule has 1 aromatic carbocycles. The van der Waals surface area contributed by atoms with Gasteiger partial charge in [0.05, 0.1) is 6.04 Å². The van der Waals surface area contributed by atoms with E-state index in [4.69, 9.17) is 17.3 Å². The van der Waals surface area contributed by atoms with Gasteiger partial charge in [-0.3, -0.25) is 4.79 Å². The van der Waals surface area contributed by atoms with Crippen molar-refractivity contribution in [2.45, 2.75) is 18.9 Å². The van der Waals surface area contributed by atoms with Crippen molar-refractivity contribution in [3.05, 3.63) is 29.8 Å². The van der Waals surface area contributed by atoms with Crippen LogP contribution in [0.5, 0.6) is 0 Å². The highest BCUT2D eigenvalue weighted by Gasteiger charge is 2.11. The number of carbonyl (C=O) groups is 1. The predicted molar refractivity (Wildman–Crippen MR) is 67.3 cm³/mol. The monoisotopic (exact) mass is 232 g/mol. The number of anilines is 1. The van der Waals surface area contributed by atoms with E-state index in [2.05, 4.69) is 11.2 Å². The number of amides is 1. The van der Waals surface area contributed by atoms with Crippen LogP contribution in [0, 0.1) is 12.3 Å². The van der Waals surface area contributed by atoms with Crippen molar-refractivity contribution < 1.29 is 9.90 Å². The lowest BCUT2D eigenvalue weighted by molar-refractivity contribution is -0.117. The largest absolute Gasteiger partial charge is 0.396 e. The van der Waals surface area contributed by atoms with Gasteiger partial charge in [-0.05, 0) is 24.1 Å². The summed E-state index contributed by atoms with van der Waals surface area (Å²) in [5, 5.41) is 11.4. The van der Waals surface area contributed by atoms with Crippen LogP contribution in [-0.2, 0) is 11.2 Å². The molecule has 0 fully saturated rings. The molecule has 0 saturated carbocycles. The molecule has 1 atom stereocenters. The molecule has 0 heterocycles. The van der Waals surface area contributed by atoms with Crippen molar-refractivity contribution >= 4 is 11.6 Å². The summed E-state index contributed by atoms with van der Waals surface area (Å²) in [5.74, 6) is 2.05. The lowest BCUT2D eigenvalue weighted by atomic mass is 10.1. The fraction of sp³-hybridized carbons (Fsp3) is 0.308. The zero-order valence-electron chi connectivity index (χ0n) is 9.52. The van der Waals surface area contributed by atoms with Crippen LogP contribution in [0.4, 0.5) is 5.69 Å². The van der Waals surface area contributed by atoms with E-state index < -0.39 is 6.04 Å². The van der Waals surface area contributed by atoms with Crippen LogP contribution in [-0.4, -0.2) is 23.7 Å². The highest BCUT2D eigenvalue weighted by Crippen LogP contribution is 2.10. The van der Waals surface area contributed by atoms with Gasteiger partial charge in [0.2, 0.25) is 5.91 Å². The minimum atomic E-state index is -0.683. The van der Waals surface area contributed by atoms with Crippen LogP contribution < -0.4 is 11.1 Å². The second-order valence-corrected chi connectivity index (χ2v) is 3.67. The molecule has 1 aromatic rings. The number of terminal acetylenes is 1. The van der Waals surface area contributed by atoms with Crippen LogP contribution >= 0.6 is 0 Å². The molecule has 17 heavy (non-hydrogen) atoms. The summed E-state index contributed by atoms with van der Waals surface area (Å²) in [6.45, 7) is 0.110. The van der Waals surface area contributed by atoms with E-state index in [9.17, 15) is 4.79 Å². The Kier molecular flexibility index (Phi) is 5.21. The van der Waals surface area contributed by atoms with E-state index in [1.165, 1.54) is 0 Å². The van der Waals surface area contributed by atoms with Crippen LogP contribution in [0.2, 0.25) is 0 Å². The lowest BCUT2D eigenvalue weighted by Gasteiger charge is -2.10. The third-order valence-electron chi connectivity index (χ3n) is 2.30. The minimum Gasteiger partial charge on any atom is -0.396 e. The van der Waals surface area contributed by atoms with Crippen LogP contribution in [0.3, 0.4) is 0 Å². The van der Waals surface area contributed by atoms with Crippen molar-refractivity contribution in [1.82, 2.24) is 0 Å². The fourth-order valence-electron chi connectivity index (χ4n) is 1.34. The molecular formula is C13H16N2O2. The molecule has 4 heteroatoms. The first-order valence-electron chi connectivity index (χ1n) is 5.37. The maximum absolute atomic E-state index is 11.5.